The first-order valence-corrected chi connectivity index (χ1v) is 10.1. The van der Waals surface area contributed by atoms with Crippen molar-refractivity contribution in [1.29, 1.82) is 0 Å². The summed E-state index contributed by atoms with van der Waals surface area (Å²) in [7, 11) is 1.36. The maximum Gasteiger partial charge on any atom is 0.321 e. The van der Waals surface area contributed by atoms with Gasteiger partial charge in [-0.15, -0.1) is 0 Å². The first kappa shape index (κ1) is 22.8. The highest BCUT2D eigenvalue weighted by Crippen LogP contribution is 2.34. The summed E-state index contributed by atoms with van der Waals surface area (Å²) in [6.45, 7) is 1.88. The van der Waals surface area contributed by atoms with Crippen molar-refractivity contribution in [3.8, 4) is 0 Å². The zero-order valence-electron chi connectivity index (χ0n) is 16.9. The van der Waals surface area contributed by atoms with Gasteiger partial charge in [0.1, 0.15) is 0 Å². The van der Waals surface area contributed by atoms with Gasteiger partial charge in [-0.2, -0.15) is 0 Å². The van der Waals surface area contributed by atoms with Crippen molar-refractivity contribution in [2.75, 3.05) is 7.11 Å². The fraction of sp³-hybridized carbons (Fsp3) is 0.667. The van der Waals surface area contributed by atoms with E-state index in [1.54, 1.807) is 0 Å². The third-order valence-electron chi connectivity index (χ3n) is 5.47. The van der Waals surface area contributed by atoms with Gasteiger partial charge in [-0.05, 0) is 25.2 Å². The maximum absolute atomic E-state index is 12.1. The van der Waals surface area contributed by atoms with Crippen LogP contribution in [0.3, 0.4) is 0 Å². The van der Waals surface area contributed by atoms with E-state index in [2.05, 4.69) is 9.47 Å². The van der Waals surface area contributed by atoms with Crippen molar-refractivity contribution in [3.63, 3.8) is 0 Å². The predicted octanol–water partition coefficient (Wildman–Crippen LogP) is 2.63. The van der Waals surface area contributed by atoms with E-state index in [4.69, 9.17) is 4.74 Å². The fourth-order valence-corrected chi connectivity index (χ4v) is 3.84. The molecule has 2 aliphatic heterocycles. The lowest BCUT2D eigenvalue weighted by atomic mass is 9.82. The fourth-order valence-electron chi connectivity index (χ4n) is 3.84. The molecule has 160 valence electrons. The maximum atomic E-state index is 12.1. The largest absolute Gasteiger partial charge is 0.469 e. The van der Waals surface area contributed by atoms with Crippen molar-refractivity contribution in [2.45, 2.75) is 64.7 Å². The number of ether oxygens (including phenoxy) is 3. The van der Waals surface area contributed by atoms with E-state index in [0.29, 0.717) is 19.3 Å². The van der Waals surface area contributed by atoms with E-state index in [-0.39, 0.29) is 24.7 Å². The van der Waals surface area contributed by atoms with Crippen molar-refractivity contribution in [3.05, 3.63) is 11.6 Å². The van der Waals surface area contributed by atoms with Crippen LogP contribution in [0.2, 0.25) is 0 Å². The predicted molar refractivity (Wildman–Crippen MR) is 100.0 cm³/mol. The zero-order chi connectivity index (χ0) is 21.4. The quantitative estimate of drug-likeness (QED) is 0.169. The molecule has 0 aromatic carbocycles. The molecule has 2 saturated heterocycles. The summed E-state index contributed by atoms with van der Waals surface area (Å²) in [5.74, 6) is -3.87. The second-order valence-corrected chi connectivity index (χ2v) is 7.44. The minimum Gasteiger partial charge on any atom is -0.469 e. The normalized spacial score (nSPS) is 23.2. The first-order valence-electron chi connectivity index (χ1n) is 10.1. The second-order valence-electron chi connectivity index (χ2n) is 7.44. The van der Waals surface area contributed by atoms with E-state index < -0.39 is 35.7 Å². The number of carbonyl (C=O) groups is 5. The minimum atomic E-state index is -0.622. The zero-order valence-corrected chi connectivity index (χ0v) is 16.9. The Kier molecular flexibility index (Phi) is 8.54. The number of rotatable bonds is 11. The molecule has 2 aliphatic rings. The lowest BCUT2D eigenvalue weighted by Gasteiger charge is -2.20. The number of hydrogen-bond acceptors (Lipinski definition) is 8. The molecule has 0 aliphatic carbocycles. The molecular formula is C21H28O8. The highest BCUT2D eigenvalue weighted by Gasteiger charge is 2.40. The minimum absolute atomic E-state index is 0.00674. The molecule has 8 nitrogen and oxygen atoms in total. The Bertz CT molecular complexity index is 693. The van der Waals surface area contributed by atoms with Gasteiger partial charge in [0.05, 0.1) is 31.8 Å². The molecule has 0 aromatic heterocycles. The average molecular weight is 408 g/mol. The number of cyclic esters (lactones) is 4. The van der Waals surface area contributed by atoms with Crippen molar-refractivity contribution in [2.24, 2.45) is 17.8 Å². The third kappa shape index (κ3) is 6.51. The molecule has 2 heterocycles. The number of allylic oxidation sites excluding steroid dienone is 1. The van der Waals surface area contributed by atoms with Gasteiger partial charge >= 0.3 is 29.8 Å². The van der Waals surface area contributed by atoms with Crippen molar-refractivity contribution in [1.82, 2.24) is 0 Å². The number of esters is 5. The van der Waals surface area contributed by atoms with Gasteiger partial charge in [0.25, 0.3) is 0 Å². The monoisotopic (exact) mass is 408 g/mol. The van der Waals surface area contributed by atoms with Crippen LogP contribution in [0.25, 0.3) is 0 Å². The number of hydrogen-bond donors (Lipinski definition) is 0. The topological polar surface area (TPSA) is 113 Å². The number of methoxy groups -OCH3 is 1. The molecule has 0 saturated carbocycles. The second kappa shape index (κ2) is 10.9. The first-order chi connectivity index (χ1) is 13.8. The van der Waals surface area contributed by atoms with Gasteiger partial charge in [-0.3, -0.25) is 24.0 Å². The van der Waals surface area contributed by atoms with Crippen LogP contribution in [-0.4, -0.2) is 37.0 Å². The molecule has 3 unspecified atom stereocenters. The van der Waals surface area contributed by atoms with Crippen LogP contribution in [0.15, 0.2) is 11.6 Å². The summed E-state index contributed by atoms with van der Waals surface area (Å²) in [4.78, 5) is 58.2. The van der Waals surface area contributed by atoms with Gasteiger partial charge in [-0.1, -0.05) is 37.8 Å². The Hall–Kier alpha value is -2.51. The number of unbranched alkanes of at least 4 members (excludes halogenated alkanes) is 3. The van der Waals surface area contributed by atoms with E-state index in [0.717, 1.165) is 31.3 Å². The van der Waals surface area contributed by atoms with Crippen LogP contribution >= 0.6 is 0 Å². The lowest BCUT2D eigenvalue weighted by Crippen LogP contribution is -2.20. The summed E-state index contributed by atoms with van der Waals surface area (Å²) >= 11 is 0. The van der Waals surface area contributed by atoms with E-state index in [1.165, 1.54) is 7.11 Å². The molecule has 0 radical (unpaired) electrons. The van der Waals surface area contributed by atoms with Gasteiger partial charge in [0.15, 0.2) is 0 Å². The molecule has 29 heavy (non-hydrogen) atoms. The SMILES string of the molecule is CC/C(=C\C(CCCCCCC(=O)OC)C1CC(=O)OC1=O)C1CC(=O)OC1=O. The molecule has 0 bridgehead atoms. The smallest absolute Gasteiger partial charge is 0.321 e. The van der Waals surface area contributed by atoms with E-state index in [1.807, 2.05) is 13.0 Å². The van der Waals surface area contributed by atoms with Gasteiger partial charge in [0, 0.05) is 6.42 Å². The van der Waals surface area contributed by atoms with Crippen LogP contribution in [0.1, 0.15) is 64.7 Å². The summed E-state index contributed by atoms with van der Waals surface area (Å²) in [6.07, 6.45) is 6.69. The van der Waals surface area contributed by atoms with E-state index in [9.17, 15) is 24.0 Å². The van der Waals surface area contributed by atoms with Crippen LogP contribution in [0.5, 0.6) is 0 Å². The van der Waals surface area contributed by atoms with Gasteiger partial charge < -0.3 is 14.2 Å². The Balaban J connectivity index is 2.02. The summed E-state index contributed by atoms with van der Waals surface area (Å²) in [6, 6.07) is 0. The third-order valence-corrected chi connectivity index (χ3v) is 5.47. The summed E-state index contributed by atoms with van der Waals surface area (Å²) < 4.78 is 14.0. The van der Waals surface area contributed by atoms with Crippen LogP contribution in [0.4, 0.5) is 0 Å². The highest BCUT2D eigenvalue weighted by molar-refractivity contribution is 5.96. The van der Waals surface area contributed by atoms with Crippen LogP contribution < -0.4 is 0 Å². The molecule has 3 atom stereocenters. The standard InChI is InChI=1S/C21H28O8/c1-3-13(15-11-18(23)28-20(15)25)10-14(16-12-19(24)29-21(16)26)8-6-4-5-7-9-17(22)27-2/h10,14-16H,3-9,11-12H2,1-2H3/b13-10+. The Morgan fingerprint density at radius 2 is 1.69 bits per heavy atom. The average Bonchev–Trinajstić information content (AvgIpc) is 3.20. The summed E-state index contributed by atoms with van der Waals surface area (Å²) in [5.41, 5.74) is 0.753. The Morgan fingerprint density at radius 3 is 2.24 bits per heavy atom. The molecular weight excluding hydrogens is 380 g/mol. The molecule has 0 N–H and O–H groups in total. The highest BCUT2D eigenvalue weighted by atomic mass is 16.6. The van der Waals surface area contributed by atoms with E-state index >= 15 is 0 Å². The van der Waals surface area contributed by atoms with Crippen molar-refractivity contribution < 1.29 is 38.2 Å². The van der Waals surface area contributed by atoms with Crippen LogP contribution in [0, 0.1) is 17.8 Å². The molecule has 8 heteroatoms. The molecule has 0 spiro atoms. The Labute approximate surface area is 169 Å². The van der Waals surface area contributed by atoms with Crippen molar-refractivity contribution >= 4 is 29.8 Å². The summed E-state index contributed by atoms with van der Waals surface area (Å²) in [5, 5.41) is 0. The Morgan fingerprint density at radius 1 is 1.03 bits per heavy atom. The molecule has 2 fully saturated rings. The lowest BCUT2D eigenvalue weighted by molar-refractivity contribution is -0.154. The molecule has 0 aromatic rings. The molecule has 2 rings (SSSR count). The van der Waals surface area contributed by atoms with Gasteiger partial charge in [0.2, 0.25) is 0 Å². The molecule has 0 amide bonds. The van der Waals surface area contributed by atoms with Crippen LogP contribution in [-0.2, 0) is 38.2 Å². The van der Waals surface area contributed by atoms with Gasteiger partial charge in [-0.25, -0.2) is 0 Å². The number of carbonyl (C=O) groups excluding carboxylic acids is 5.